The molecule has 2 aromatic rings. The number of benzene rings is 1. The third-order valence-corrected chi connectivity index (χ3v) is 6.40. The first-order chi connectivity index (χ1) is 12.0. The van der Waals surface area contributed by atoms with Gasteiger partial charge in [0.15, 0.2) is 0 Å². The van der Waals surface area contributed by atoms with Crippen molar-refractivity contribution in [2.24, 2.45) is 0 Å². The van der Waals surface area contributed by atoms with Crippen LogP contribution in [0.2, 0.25) is 0 Å². The highest BCUT2D eigenvalue weighted by atomic mass is 32.1. The Labute approximate surface area is 158 Å². The topological polar surface area (TPSA) is 9.23 Å². The quantitative estimate of drug-likeness (QED) is 0.467. The Hall–Kier alpha value is -1.28. The molecule has 0 bridgehead atoms. The number of thiophene rings is 1. The Bertz CT molecular complexity index is 752. The van der Waals surface area contributed by atoms with Gasteiger partial charge in [-0.3, -0.25) is 0 Å². The highest BCUT2D eigenvalue weighted by Gasteiger charge is 2.25. The van der Waals surface area contributed by atoms with E-state index in [0.29, 0.717) is 5.92 Å². The number of fused-ring (bicyclic) bond motifs is 1. The molecular weight excluding hydrogens is 324 g/mol. The molecule has 0 radical (unpaired) electrons. The predicted octanol–water partition coefficient (Wildman–Crippen LogP) is 7.81. The molecule has 138 valence electrons. The number of rotatable bonds is 8. The third-order valence-electron chi connectivity index (χ3n) is 5.14. The molecule has 0 aliphatic rings. The molecule has 0 saturated carbocycles. The first kappa shape index (κ1) is 20.0. The first-order valence-electron chi connectivity index (χ1n) is 9.85. The van der Waals surface area contributed by atoms with Crippen LogP contribution in [0.3, 0.4) is 0 Å². The van der Waals surface area contributed by atoms with Crippen molar-refractivity contribution in [3.63, 3.8) is 0 Å². The molecule has 0 N–H and O–H groups in total. The molecule has 0 fully saturated rings. The van der Waals surface area contributed by atoms with Gasteiger partial charge in [-0.05, 0) is 62.6 Å². The van der Waals surface area contributed by atoms with E-state index in [4.69, 9.17) is 4.74 Å². The molecule has 0 spiro atoms. The van der Waals surface area contributed by atoms with E-state index < -0.39 is 0 Å². The number of hydrogen-bond acceptors (Lipinski definition) is 2. The van der Waals surface area contributed by atoms with Crippen molar-refractivity contribution in [1.82, 2.24) is 0 Å². The van der Waals surface area contributed by atoms with Gasteiger partial charge in [-0.15, -0.1) is 11.3 Å². The zero-order valence-electron chi connectivity index (χ0n) is 17.1. The van der Waals surface area contributed by atoms with Crippen LogP contribution in [0.1, 0.15) is 86.9 Å². The van der Waals surface area contributed by atoms with E-state index in [1.54, 1.807) is 0 Å². The minimum absolute atomic E-state index is 0.498. The number of aryl methyl sites for hydroxylation is 3. The highest BCUT2D eigenvalue weighted by molar-refractivity contribution is 7.19. The van der Waals surface area contributed by atoms with Crippen LogP contribution in [0.15, 0.2) is 6.08 Å². The maximum atomic E-state index is 6.41. The molecule has 0 saturated heterocycles. The van der Waals surface area contributed by atoms with Gasteiger partial charge in [-0.25, -0.2) is 0 Å². The van der Waals surface area contributed by atoms with Crippen LogP contribution in [-0.4, -0.2) is 6.61 Å². The summed E-state index contributed by atoms with van der Waals surface area (Å²) in [5.74, 6) is 1.65. The summed E-state index contributed by atoms with van der Waals surface area (Å²) in [7, 11) is 0. The van der Waals surface area contributed by atoms with E-state index in [1.807, 2.05) is 11.3 Å². The molecule has 0 aliphatic heterocycles. The van der Waals surface area contributed by atoms with Gasteiger partial charge in [0.25, 0.3) is 0 Å². The van der Waals surface area contributed by atoms with Crippen LogP contribution >= 0.6 is 11.3 Å². The smallest absolute Gasteiger partial charge is 0.132 e. The average molecular weight is 359 g/mol. The van der Waals surface area contributed by atoms with Crippen LogP contribution in [0.5, 0.6) is 5.75 Å². The summed E-state index contributed by atoms with van der Waals surface area (Å²) in [5.41, 5.74) is 5.76. The predicted molar refractivity (Wildman–Crippen MR) is 114 cm³/mol. The van der Waals surface area contributed by atoms with Crippen molar-refractivity contribution in [3.05, 3.63) is 33.2 Å². The van der Waals surface area contributed by atoms with Crippen LogP contribution in [0.4, 0.5) is 0 Å². The highest BCUT2D eigenvalue weighted by Crippen LogP contribution is 2.47. The van der Waals surface area contributed by atoms with Crippen LogP contribution in [-0.2, 0) is 6.42 Å². The summed E-state index contributed by atoms with van der Waals surface area (Å²) in [6, 6.07) is 0. The van der Waals surface area contributed by atoms with Crippen LogP contribution in [0, 0.1) is 13.8 Å². The average Bonchev–Trinajstić information content (AvgIpc) is 2.90. The molecule has 1 unspecified atom stereocenters. The Morgan fingerprint density at radius 3 is 2.40 bits per heavy atom. The van der Waals surface area contributed by atoms with Crippen molar-refractivity contribution in [3.8, 4) is 5.75 Å². The van der Waals surface area contributed by atoms with E-state index in [-0.39, 0.29) is 0 Å². The number of hydrogen-bond donors (Lipinski definition) is 0. The molecule has 0 amide bonds. The maximum Gasteiger partial charge on any atom is 0.132 e. The standard InChI is InChI=1S/C23H34OS/c1-8-12-18-19(13-9-2)23-21(16(6)17(7)25-23)22(24-14-10-3)20(18)15(5)11-4/h8,12,15H,9-11,13-14H2,1-7H3/b12-8-. The van der Waals surface area contributed by atoms with Crippen molar-refractivity contribution >= 4 is 27.5 Å². The molecule has 1 aromatic heterocycles. The maximum absolute atomic E-state index is 6.41. The largest absolute Gasteiger partial charge is 0.493 e. The van der Waals surface area contributed by atoms with E-state index in [2.05, 4.69) is 60.6 Å². The van der Waals surface area contributed by atoms with Crippen LogP contribution < -0.4 is 4.74 Å². The minimum atomic E-state index is 0.498. The zero-order chi connectivity index (χ0) is 18.6. The summed E-state index contributed by atoms with van der Waals surface area (Å²) in [6.07, 6.45) is 8.97. The fourth-order valence-electron chi connectivity index (χ4n) is 3.56. The lowest BCUT2D eigenvalue weighted by Gasteiger charge is -2.23. The number of allylic oxidation sites excluding steroid dienone is 1. The van der Waals surface area contributed by atoms with Gasteiger partial charge in [0, 0.05) is 20.5 Å². The van der Waals surface area contributed by atoms with Crippen LogP contribution in [0.25, 0.3) is 16.2 Å². The van der Waals surface area contributed by atoms with Crippen molar-refractivity contribution in [2.45, 2.75) is 80.1 Å². The third kappa shape index (κ3) is 3.79. The van der Waals surface area contributed by atoms with E-state index >= 15 is 0 Å². The monoisotopic (exact) mass is 358 g/mol. The van der Waals surface area contributed by atoms with Crippen molar-refractivity contribution < 1.29 is 4.74 Å². The second-order valence-corrected chi connectivity index (χ2v) is 8.25. The molecule has 25 heavy (non-hydrogen) atoms. The molecule has 2 heteroatoms. The van der Waals surface area contributed by atoms with Gasteiger partial charge in [0.2, 0.25) is 0 Å². The molecular formula is C23H34OS. The molecule has 2 rings (SSSR count). The lowest BCUT2D eigenvalue weighted by Crippen LogP contribution is -2.07. The molecule has 0 aliphatic carbocycles. The summed E-state index contributed by atoms with van der Waals surface area (Å²) >= 11 is 1.95. The second-order valence-electron chi connectivity index (χ2n) is 7.03. The summed E-state index contributed by atoms with van der Waals surface area (Å²) in [5, 5.41) is 1.38. The lowest BCUT2D eigenvalue weighted by atomic mass is 9.86. The van der Waals surface area contributed by atoms with Gasteiger partial charge in [-0.1, -0.05) is 46.3 Å². The fourth-order valence-corrected chi connectivity index (χ4v) is 4.80. The molecule has 1 atom stereocenters. The summed E-state index contributed by atoms with van der Waals surface area (Å²) in [6.45, 7) is 16.5. The van der Waals surface area contributed by atoms with Gasteiger partial charge < -0.3 is 4.74 Å². The second kappa shape index (κ2) is 8.89. The fraction of sp³-hybridized carbons (Fsp3) is 0.565. The Kier molecular flexibility index (Phi) is 7.13. The Balaban J connectivity index is 2.98. The first-order valence-corrected chi connectivity index (χ1v) is 10.7. The SMILES string of the molecule is C/C=C\c1c(C(C)CC)c(OCCC)c2c(C)c(C)sc2c1CCC. The van der Waals surface area contributed by atoms with Gasteiger partial charge in [0.05, 0.1) is 6.61 Å². The minimum Gasteiger partial charge on any atom is -0.493 e. The van der Waals surface area contributed by atoms with Crippen molar-refractivity contribution in [1.29, 1.82) is 0 Å². The van der Waals surface area contributed by atoms with E-state index in [0.717, 1.165) is 31.6 Å². The Morgan fingerprint density at radius 2 is 1.84 bits per heavy atom. The van der Waals surface area contributed by atoms with E-state index in [9.17, 15) is 0 Å². The molecule has 1 heterocycles. The normalized spacial score (nSPS) is 13.1. The summed E-state index contributed by atoms with van der Waals surface area (Å²) in [4.78, 5) is 1.42. The van der Waals surface area contributed by atoms with Crippen molar-refractivity contribution in [2.75, 3.05) is 6.61 Å². The van der Waals surface area contributed by atoms with Gasteiger partial charge in [0.1, 0.15) is 5.75 Å². The number of ether oxygens (including phenoxy) is 1. The summed E-state index contributed by atoms with van der Waals surface area (Å²) < 4.78 is 7.86. The molecule has 1 aromatic carbocycles. The van der Waals surface area contributed by atoms with Gasteiger partial charge >= 0.3 is 0 Å². The Morgan fingerprint density at radius 1 is 1.12 bits per heavy atom. The zero-order valence-corrected chi connectivity index (χ0v) is 17.9. The molecule has 1 nitrogen and oxygen atoms in total. The van der Waals surface area contributed by atoms with Gasteiger partial charge in [-0.2, -0.15) is 0 Å². The lowest BCUT2D eigenvalue weighted by molar-refractivity contribution is 0.316. The van der Waals surface area contributed by atoms with E-state index in [1.165, 1.54) is 43.6 Å².